The van der Waals surface area contributed by atoms with E-state index in [1.54, 1.807) is 0 Å². The fraction of sp³-hybridized carbons (Fsp3) is 0.167. The van der Waals surface area contributed by atoms with Crippen molar-refractivity contribution in [1.82, 2.24) is 4.98 Å². The van der Waals surface area contributed by atoms with Crippen LogP contribution in [-0.2, 0) is 5.82 Å². The highest BCUT2D eigenvalue weighted by Crippen LogP contribution is 2.22. The lowest BCUT2D eigenvalue weighted by molar-refractivity contribution is 0.0935. The van der Waals surface area contributed by atoms with Crippen molar-refractivity contribution in [1.29, 1.82) is 0 Å². The molecule has 1 aromatic rings. The maximum Gasteiger partial charge on any atom is 0.213 e. The zero-order chi connectivity index (χ0) is 8.48. The summed E-state index contributed by atoms with van der Waals surface area (Å²) in [6.45, 7) is 0. The quantitative estimate of drug-likeness (QED) is 0.443. The standard InChI is InChI=1S/C6H3BF3N/c7-6(9,10)4-1-2-11-5(8)3-4/h1-3H/q-1. The van der Waals surface area contributed by atoms with Crippen LogP contribution in [0.2, 0.25) is 0 Å². The topological polar surface area (TPSA) is 12.9 Å². The van der Waals surface area contributed by atoms with Crippen LogP contribution in [0.4, 0.5) is 13.2 Å². The maximum absolute atomic E-state index is 12.2. The van der Waals surface area contributed by atoms with E-state index in [1.807, 2.05) is 0 Å². The van der Waals surface area contributed by atoms with Gasteiger partial charge in [0.1, 0.15) is 0 Å². The zero-order valence-corrected chi connectivity index (χ0v) is 5.39. The summed E-state index contributed by atoms with van der Waals surface area (Å²) in [5, 5.41) is 0. The molecule has 11 heavy (non-hydrogen) atoms. The summed E-state index contributed by atoms with van der Waals surface area (Å²) in [7, 11) is 4.40. The van der Waals surface area contributed by atoms with Gasteiger partial charge in [0, 0.05) is 12.0 Å². The van der Waals surface area contributed by atoms with E-state index in [9.17, 15) is 13.2 Å². The second-order valence-corrected chi connectivity index (χ2v) is 1.99. The van der Waals surface area contributed by atoms with E-state index in [-0.39, 0.29) is 0 Å². The van der Waals surface area contributed by atoms with E-state index in [0.29, 0.717) is 6.07 Å². The Kier molecular flexibility index (Phi) is 1.89. The molecule has 0 aliphatic heterocycles. The second kappa shape index (κ2) is 2.56. The first-order valence-corrected chi connectivity index (χ1v) is 2.79. The van der Waals surface area contributed by atoms with E-state index in [4.69, 9.17) is 0 Å². The molecule has 3 radical (unpaired) electrons. The number of hydrogen-bond acceptors (Lipinski definition) is 1. The van der Waals surface area contributed by atoms with E-state index in [1.165, 1.54) is 0 Å². The van der Waals surface area contributed by atoms with Crippen LogP contribution in [0.25, 0.3) is 0 Å². The van der Waals surface area contributed by atoms with Crippen LogP contribution in [0.1, 0.15) is 5.56 Å². The van der Waals surface area contributed by atoms with Gasteiger partial charge in [-0.05, 0) is 17.7 Å². The molecular weight excluding hydrogens is 154 g/mol. The number of hydrogen-bond donors (Lipinski definition) is 0. The largest absolute Gasteiger partial charge is 0.518 e. The average molecular weight is 157 g/mol. The van der Waals surface area contributed by atoms with Crippen LogP contribution >= 0.6 is 0 Å². The molecular formula is C6H3BF3N-. The lowest BCUT2D eigenvalue weighted by Gasteiger charge is -2.23. The lowest BCUT2D eigenvalue weighted by Crippen LogP contribution is -2.12. The minimum atomic E-state index is -3.50. The van der Waals surface area contributed by atoms with Crippen LogP contribution in [-0.4, -0.2) is 12.8 Å². The molecule has 0 aliphatic rings. The third kappa shape index (κ3) is 1.96. The Morgan fingerprint density at radius 3 is 2.45 bits per heavy atom. The first-order valence-electron chi connectivity index (χ1n) is 2.79. The minimum absolute atomic E-state index is 0.579. The molecule has 1 rings (SSSR count). The molecule has 0 atom stereocenters. The molecule has 0 bridgehead atoms. The predicted octanol–water partition coefficient (Wildman–Crippen LogP) is 1.44. The first-order chi connectivity index (χ1) is 5.00. The molecule has 0 unspecified atom stereocenters. The number of halogens is 3. The highest BCUT2D eigenvalue weighted by molar-refractivity contribution is 6.13. The highest BCUT2D eigenvalue weighted by Gasteiger charge is 2.10. The van der Waals surface area contributed by atoms with E-state index >= 15 is 0 Å². The Morgan fingerprint density at radius 2 is 2.09 bits per heavy atom. The molecule has 1 heterocycles. The fourth-order valence-electron chi connectivity index (χ4n) is 0.610. The third-order valence-electron chi connectivity index (χ3n) is 1.11. The van der Waals surface area contributed by atoms with Gasteiger partial charge in [0.05, 0.1) is 0 Å². The van der Waals surface area contributed by atoms with Crippen molar-refractivity contribution in [2.75, 3.05) is 0 Å². The summed E-state index contributed by atoms with van der Waals surface area (Å²) in [4.78, 5) is 3.10. The van der Waals surface area contributed by atoms with Gasteiger partial charge in [-0.3, -0.25) is 8.78 Å². The van der Waals surface area contributed by atoms with Crippen molar-refractivity contribution in [3.05, 3.63) is 29.8 Å². The molecule has 1 aromatic heterocycles. The average Bonchev–Trinajstić information content (AvgIpc) is 1.86. The van der Waals surface area contributed by atoms with Crippen LogP contribution in [0.15, 0.2) is 18.3 Å². The SMILES string of the molecule is [B-]C(F)(F)c1ccnc(F)c1. The van der Waals surface area contributed by atoms with Crippen molar-refractivity contribution in [3.63, 3.8) is 0 Å². The van der Waals surface area contributed by atoms with Crippen LogP contribution < -0.4 is 0 Å². The first kappa shape index (κ1) is 8.10. The van der Waals surface area contributed by atoms with Crippen molar-refractivity contribution in [3.8, 4) is 0 Å². The number of rotatable bonds is 1. The smallest absolute Gasteiger partial charge is 0.213 e. The molecule has 0 saturated carbocycles. The molecule has 0 aromatic carbocycles. The Hall–Kier alpha value is -0.995. The van der Waals surface area contributed by atoms with Gasteiger partial charge in [0.15, 0.2) is 0 Å². The number of aromatic nitrogens is 1. The van der Waals surface area contributed by atoms with Gasteiger partial charge in [-0.2, -0.15) is 4.39 Å². The van der Waals surface area contributed by atoms with Gasteiger partial charge in [0.2, 0.25) is 5.95 Å². The van der Waals surface area contributed by atoms with Crippen LogP contribution in [0, 0.1) is 5.95 Å². The predicted molar refractivity (Wildman–Crippen MR) is 33.8 cm³/mol. The molecule has 0 spiro atoms. The molecule has 0 aliphatic carbocycles. The van der Waals surface area contributed by atoms with Crippen LogP contribution in [0.3, 0.4) is 0 Å². The summed E-state index contributed by atoms with van der Waals surface area (Å²) in [5.74, 6) is -4.46. The van der Waals surface area contributed by atoms with Gasteiger partial charge < -0.3 is 7.85 Å². The van der Waals surface area contributed by atoms with Gasteiger partial charge in [-0.1, -0.05) is 0 Å². The van der Waals surface area contributed by atoms with Gasteiger partial charge in [0.25, 0.3) is 0 Å². The summed E-state index contributed by atoms with van der Waals surface area (Å²) >= 11 is 0. The van der Waals surface area contributed by atoms with Crippen molar-refractivity contribution < 1.29 is 13.2 Å². The van der Waals surface area contributed by atoms with Gasteiger partial charge in [-0.15, -0.1) is 0 Å². The summed E-state index contributed by atoms with van der Waals surface area (Å²) in [6.07, 6.45) is 0.936. The van der Waals surface area contributed by atoms with Gasteiger partial charge in [-0.25, -0.2) is 4.98 Å². The molecule has 0 N–H and O–H groups in total. The fourth-order valence-corrected chi connectivity index (χ4v) is 0.610. The highest BCUT2D eigenvalue weighted by atomic mass is 19.3. The number of nitrogens with zero attached hydrogens (tertiary/aromatic N) is 1. The summed E-state index contributed by atoms with van der Waals surface area (Å²) in [5.41, 5.74) is -0.579. The molecule has 0 amide bonds. The van der Waals surface area contributed by atoms with E-state index in [2.05, 4.69) is 12.8 Å². The molecule has 0 fully saturated rings. The minimum Gasteiger partial charge on any atom is -0.518 e. The van der Waals surface area contributed by atoms with Crippen molar-refractivity contribution in [2.45, 2.75) is 5.82 Å². The van der Waals surface area contributed by atoms with Gasteiger partial charge >= 0.3 is 0 Å². The molecule has 1 nitrogen and oxygen atoms in total. The normalized spacial score (nSPS) is 11.6. The third-order valence-corrected chi connectivity index (χ3v) is 1.11. The Balaban J connectivity index is 3.06. The Labute approximate surface area is 62.7 Å². The maximum atomic E-state index is 12.2. The Morgan fingerprint density at radius 1 is 1.45 bits per heavy atom. The van der Waals surface area contributed by atoms with E-state index in [0.717, 1.165) is 12.3 Å². The number of alkyl halides is 2. The summed E-state index contributed by atoms with van der Waals surface area (Å²) < 4.78 is 36.6. The summed E-state index contributed by atoms with van der Waals surface area (Å²) in [6, 6.07) is 1.56. The second-order valence-electron chi connectivity index (χ2n) is 1.99. The lowest BCUT2D eigenvalue weighted by atomic mass is 9.92. The van der Waals surface area contributed by atoms with Crippen molar-refractivity contribution >= 4 is 7.85 Å². The zero-order valence-electron chi connectivity index (χ0n) is 5.39. The number of pyridine rings is 1. The molecule has 0 saturated heterocycles. The molecule has 57 valence electrons. The Bertz CT molecular complexity index is 258. The molecule has 5 heteroatoms. The van der Waals surface area contributed by atoms with Crippen molar-refractivity contribution in [2.24, 2.45) is 0 Å². The van der Waals surface area contributed by atoms with E-state index < -0.39 is 17.3 Å². The van der Waals surface area contributed by atoms with Crippen LogP contribution in [0.5, 0.6) is 0 Å². The monoisotopic (exact) mass is 157 g/mol.